The number of amides is 1. The fourth-order valence-corrected chi connectivity index (χ4v) is 3.02. The van der Waals surface area contributed by atoms with Gasteiger partial charge in [0.2, 0.25) is 0 Å². The third-order valence-corrected chi connectivity index (χ3v) is 4.41. The lowest BCUT2D eigenvalue weighted by Crippen LogP contribution is -2.48. The van der Waals surface area contributed by atoms with Gasteiger partial charge in [0.05, 0.1) is 0 Å². The Hall–Kier alpha value is -1.50. The molecule has 1 aliphatic heterocycles. The van der Waals surface area contributed by atoms with Crippen LogP contribution >= 0.6 is 0 Å². The summed E-state index contributed by atoms with van der Waals surface area (Å²) < 4.78 is 5.21. The topological polar surface area (TPSA) is 78.0 Å². The number of hydrogen-bond acceptors (Lipinski definition) is 4. The number of carbonyl (C=O) groups is 1. The molecule has 1 aliphatic rings. The minimum absolute atomic E-state index is 0.371. The monoisotopic (exact) mass is 369 g/mol. The smallest absolute Gasteiger partial charge is 0.407 e. The molecule has 0 saturated carbocycles. The van der Waals surface area contributed by atoms with Crippen molar-refractivity contribution in [3.05, 3.63) is 0 Å². The first-order valence-corrected chi connectivity index (χ1v) is 9.86. The second kappa shape index (κ2) is 11.3. The second-order valence-corrected chi connectivity index (χ2v) is 8.25. The van der Waals surface area contributed by atoms with Gasteiger partial charge in [-0.2, -0.15) is 0 Å². The molecule has 1 amide bonds. The van der Waals surface area contributed by atoms with E-state index in [1.165, 1.54) is 25.9 Å². The van der Waals surface area contributed by atoms with Gasteiger partial charge >= 0.3 is 6.09 Å². The number of rotatable bonds is 7. The lowest BCUT2D eigenvalue weighted by Gasteiger charge is -2.35. The predicted octanol–water partition coefficient (Wildman–Crippen LogP) is 2.19. The zero-order valence-electron chi connectivity index (χ0n) is 17.5. The molecule has 0 radical (unpaired) electrons. The molecule has 0 aromatic rings. The molecule has 1 rings (SSSR count). The number of carbonyl (C=O) groups excluding carboxylic acids is 1. The summed E-state index contributed by atoms with van der Waals surface area (Å²) in [5.41, 5.74) is -0.461. The number of hydrogen-bond donors (Lipinski definition) is 3. The van der Waals surface area contributed by atoms with Crippen LogP contribution in [0.1, 0.15) is 53.9 Å². The highest BCUT2D eigenvalue weighted by atomic mass is 16.6. The van der Waals surface area contributed by atoms with E-state index < -0.39 is 5.60 Å². The van der Waals surface area contributed by atoms with Gasteiger partial charge in [0.15, 0.2) is 5.96 Å². The van der Waals surface area contributed by atoms with E-state index in [1.807, 2.05) is 20.8 Å². The zero-order chi connectivity index (χ0) is 19.6. The third kappa shape index (κ3) is 9.85. The maximum atomic E-state index is 11.6. The fourth-order valence-electron chi connectivity index (χ4n) is 3.02. The average molecular weight is 370 g/mol. The summed E-state index contributed by atoms with van der Waals surface area (Å²) in [4.78, 5) is 18.4. The van der Waals surface area contributed by atoms with Crippen molar-refractivity contribution in [1.29, 1.82) is 0 Å². The molecule has 2 atom stereocenters. The van der Waals surface area contributed by atoms with Crippen molar-refractivity contribution < 1.29 is 9.53 Å². The molecule has 0 spiro atoms. The summed E-state index contributed by atoms with van der Waals surface area (Å²) in [7, 11) is 1.78. The first-order chi connectivity index (χ1) is 12.2. The van der Waals surface area contributed by atoms with E-state index in [4.69, 9.17) is 4.74 Å². The van der Waals surface area contributed by atoms with Gasteiger partial charge in [-0.3, -0.25) is 9.89 Å². The van der Waals surface area contributed by atoms with Gasteiger partial charge in [-0.15, -0.1) is 0 Å². The molecular weight excluding hydrogens is 330 g/mol. The first-order valence-electron chi connectivity index (χ1n) is 9.86. The molecule has 152 valence electrons. The minimum atomic E-state index is -0.461. The Balaban J connectivity index is 2.16. The Labute approximate surface area is 159 Å². The number of ether oxygens (including phenoxy) is 1. The molecule has 26 heavy (non-hydrogen) atoms. The van der Waals surface area contributed by atoms with Gasteiger partial charge in [-0.25, -0.2) is 4.79 Å². The van der Waals surface area contributed by atoms with Gasteiger partial charge in [-0.1, -0.05) is 6.92 Å². The SMILES string of the molecule is CN=C(NCCCNC(=O)OC(C)(C)C)NCC(C)N1CCCC(C)C1. The Morgan fingerprint density at radius 2 is 1.96 bits per heavy atom. The number of guanidine groups is 1. The highest BCUT2D eigenvalue weighted by Crippen LogP contribution is 2.17. The standard InChI is InChI=1S/C19H39N5O2/c1-15-9-7-12-24(14-15)16(2)13-23-17(20-6)21-10-8-11-22-18(25)26-19(3,4)5/h15-16H,7-14H2,1-6H3,(H,22,25)(H2,20,21,23). The second-order valence-electron chi connectivity index (χ2n) is 8.25. The summed E-state index contributed by atoms with van der Waals surface area (Å²) >= 11 is 0. The van der Waals surface area contributed by atoms with Crippen LogP contribution in [0.25, 0.3) is 0 Å². The lowest BCUT2D eigenvalue weighted by atomic mass is 9.99. The molecule has 2 unspecified atom stereocenters. The number of aliphatic imine (C=N–C) groups is 1. The maximum absolute atomic E-state index is 11.6. The molecule has 0 aromatic heterocycles. The van der Waals surface area contributed by atoms with E-state index in [0.717, 1.165) is 31.4 Å². The highest BCUT2D eigenvalue weighted by Gasteiger charge is 2.20. The summed E-state index contributed by atoms with van der Waals surface area (Å²) in [6.07, 6.45) is 3.07. The maximum Gasteiger partial charge on any atom is 0.407 e. The normalized spacial score (nSPS) is 20.4. The Morgan fingerprint density at radius 3 is 2.58 bits per heavy atom. The van der Waals surface area contributed by atoms with Gasteiger partial charge in [-0.05, 0) is 59.4 Å². The number of alkyl carbamates (subject to hydrolysis) is 1. The number of piperidine rings is 1. The zero-order valence-corrected chi connectivity index (χ0v) is 17.5. The number of nitrogens with one attached hydrogen (secondary N) is 3. The van der Waals surface area contributed by atoms with Crippen molar-refractivity contribution in [3.63, 3.8) is 0 Å². The Kier molecular flexibility index (Phi) is 9.76. The summed E-state index contributed by atoms with van der Waals surface area (Å²) in [6.45, 7) is 14.7. The van der Waals surface area contributed by atoms with Crippen molar-refractivity contribution in [1.82, 2.24) is 20.9 Å². The molecular formula is C19H39N5O2. The van der Waals surface area contributed by atoms with E-state index in [-0.39, 0.29) is 6.09 Å². The minimum Gasteiger partial charge on any atom is -0.444 e. The first kappa shape index (κ1) is 22.5. The van der Waals surface area contributed by atoms with Crippen LogP contribution in [0.5, 0.6) is 0 Å². The molecule has 1 saturated heterocycles. The van der Waals surface area contributed by atoms with Crippen LogP contribution in [0.3, 0.4) is 0 Å². The average Bonchev–Trinajstić information content (AvgIpc) is 2.55. The van der Waals surface area contributed by atoms with E-state index in [1.54, 1.807) is 7.05 Å². The van der Waals surface area contributed by atoms with E-state index >= 15 is 0 Å². The molecule has 7 heteroatoms. The molecule has 1 fully saturated rings. The van der Waals surface area contributed by atoms with Gasteiger partial charge in [0.1, 0.15) is 5.60 Å². The molecule has 1 heterocycles. The van der Waals surface area contributed by atoms with Crippen molar-refractivity contribution >= 4 is 12.1 Å². The molecule has 0 bridgehead atoms. The summed E-state index contributed by atoms with van der Waals surface area (Å²) in [6, 6.07) is 0.491. The Morgan fingerprint density at radius 1 is 1.27 bits per heavy atom. The fraction of sp³-hybridized carbons (Fsp3) is 0.895. The van der Waals surface area contributed by atoms with Crippen molar-refractivity contribution in [2.24, 2.45) is 10.9 Å². The molecule has 3 N–H and O–H groups in total. The van der Waals surface area contributed by atoms with Crippen molar-refractivity contribution in [2.45, 2.75) is 65.5 Å². The lowest BCUT2D eigenvalue weighted by molar-refractivity contribution is 0.0527. The van der Waals surface area contributed by atoms with Crippen LogP contribution in [0.15, 0.2) is 4.99 Å². The van der Waals surface area contributed by atoms with E-state index in [0.29, 0.717) is 12.6 Å². The highest BCUT2D eigenvalue weighted by molar-refractivity contribution is 5.79. The largest absolute Gasteiger partial charge is 0.444 e. The van der Waals surface area contributed by atoms with Crippen LogP contribution < -0.4 is 16.0 Å². The molecule has 0 aromatic carbocycles. The van der Waals surface area contributed by atoms with Crippen LogP contribution in [0.2, 0.25) is 0 Å². The number of likely N-dealkylation sites (tertiary alicyclic amines) is 1. The van der Waals surface area contributed by atoms with Crippen LogP contribution in [0.4, 0.5) is 4.79 Å². The third-order valence-electron chi connectivity index (χ3n) is 4.41. The van der Waals surface area contributed by atoms with Gasteiger partial charge in [0, 0.05) is 39.3 Å². The van der Waals surface area contributed by atoms with E-state index in [2.05, 4.69) is 39.7 Å². The van der Waals surface area contributed by atoms with Crippen LogP contribution in [-0.2, 0) is 4.74 Å². The van der Waals surface area contributed by atoms with Crippen LogP contribution in [-0.4, -0.2) is 68.4 Å². The Bertz CT molecular complexity index is 448. The predicted molar refractivity (Wildman–Crippen MR) is 108 cm³/mol. The molecule has 0 aliphatic carbocycles. The van der Waals surface area contributed by atoms with E-state index in [9.17, 15) is 4.79 Å². The summed E-state index contributed by atoms with van der Waals surface area (Å²) in [5.74, 6) is 1.60. The van der Waals surface area contributed by atoms with Crippen LogP contribution in [0, 0.1) is 5.92 Å². The number of nitrogens with zero attached hydrogens (tertiary/aromatic N) is 2. The quantitative estimate of drug-likeness (QED) is 0.364. The van der Waals surface area contributed by atoms with Gasteiger partial charge < -0.3 is 20.7 Å². The van der Waals surface area contributed by atoms with Crippen molar-refractivity contribution in [2.75, 3.05) is 39.8 Å². The van der Waals surface area contributed by atoms with Crippen molar-refractivity contribution in [3.8, 4) is 0 Å². The molecule has 7 nitrogen and oxygen atoms in total. The summed E-state index contributed by atoms with van der Waals surface area (Å²) in [5, 5.41) is 9.44. The van der Waals surface area contributed by atoms with Gasteiger partial charge in [0.25, 0.3) is 0 Å².